The van der Waals surface area contributed by atoms with E-state index in [4.69, 9.17) is 0 Å². The summed E-state index contributed by atoms with van der Waals surface area (Å²) in [6.45, 7) is 7.36. The molecule has 0 amide bonds. The van der Waals surface area contributed by atoms with Gasteiger partial charge in [-0.3, -0.25) is 20.2 Å². The zero-order valence-corrected chi connectivity index (χ0v) is 22.0. The summed E-state index contributed by atoms with van der Waals surface area (Å²) in [7, 11) is 0. The molecule has 0 aliphatic carbocycles. The van der Waals surface area contributed by atoms with E-state index in [-0.39, 0.29) is 21.2 Å². The number of nitrogens with zero attached hydrogens (tertiary/aromatic N) is 6. The van der Waals surface area contributed by atoms with Gasteiger partial charge in [0.1, 0.15) is 0 Å². The Kier molecular flexibility index (Phi) is 9.81. The summed E-state index contributed by atoms with van der Waals surface area (Å²) in [5, 5.41) is 28.1. The summed E-state index contributed by atoms with van der Waals surface area (Å²) in [5.74, 6) is 0. The minimum absolute atomic E-state index is 0.104. The summed E-state index contributed by atoms with van der Waals surface area (Å²) in [4.78, 5) is 30.0. The fourth-order valence-electron chi connectivity index (χ4n) is 4.52. The van der Waals surface area contributed by atoms with Crippen LogP contribution in [0.1, 0.15) is 19.3 Å². The van der Waals surface area contributed by atoms with Crippen LogP contribution in [0.25, 0.3) is 0 Å². The van der Waals surface area contributed by atoms with Crippen molar-refractivity contribution in [1.29, 1.82) is 0 Å². The second-order valence-corrected chi connectivity index (χ2v) is 9.65. The Balaban J connectivity index is 1.00. The van der Waals surface area contributed by atoms with Crippen LogP contribution in [0.4, 0.5) is 22.7 Å². The highest BCUT2D eigenvalue weighted by molar-refractivity contribution is 5.49. The second kappa shape index (κ2) is 13.9. The summed E-state index contributed by atoms with van der Waals surface area (Å²) >= 11 is 0. The quantitative estimate of drug-likeness (QED) is 0.182. The van der Waals surface area contributed by atoms with Crippen molar-refractivity contribution in [1.82, 2.24) is 19.6 Å². The summed E-state index contributed by atoms with van der Waals surface area (Å²) < 4.78 is 0. The van der Waals surface area contributed by atoms with Crippen LogP contribution in [0.15, 0.2) is 73.3 Å². The molecule has 2 heterocycles. The molecule has 2 aliphatic rings. The van der Waals surface area contributed by atoms with Gasteiger partial charge < -0.3 is 30.2 Å². The van der Waals surface area contributed by atoms with Crippen LogP contribution >= 0.6 is 0 Å². The zero-order chi connectivity index (χ0) is 27.5. The zero-order valence-electron chi connectivity index (χ0n) is 22.0. The summed E-state index contributed by atoms with van der Waals surface area (Å²) in [5.41, 5.74) is 2.00. The van der Waals surface area contributed by atoms with E-state index in [2.05, 4.69) is 55.0 Å². The van der Waals surface area contributed by atoms with Crippen LogP contribution in [0.5, 0.6) is 0 Å². The first kappa shape index (κ1) is 27.6. The molecule has 2 aromatic carbocycles. The molecular weight excluding hydrogens is 500 g/mol. The fourth-order valence-corrected chi connectivity index (χ4v) is 4.52. The van der Waals surface area contributed by atoms with Crippen molar-refractivity contribution in [3.8, 4) is 0 Å². The summed E-state index contributed by atoms with van der Waals surface area (Å²) in [6, 6.07) is 13.0. The van der Waals surface area contributed by atoms with Crippen molar-refractivity contribution in [2.45, 2.75) is 19.3 Å². The van der Waals surface area contributed by atoms with Gasteiger partial charge in [0.05, 0.1) is 23.2 Å². The average molecular weight is 537 g/mol. The molecule has 2 aliphatic heterocycles. The van der Waals surface area contributed by atoms with Crippen molar-refractivity contribution < 1.29 is 9.85 Å². The summed E-state index contributed by atoms with van der Waals surface area (Å²) in [6.07, 6.45) is 11.7. The van der Waals surface area contributed by atoms with E-state index in [1.165, 1.54) is 24.3 Å². The molecule has 12 nitrogen and oxygen atoms in total. The fraction of sp³-hybridized carbons (Fsp3) is 0.407. The van der Waals surface area contributed by atoms with Crippen molar-refractivity contribution in [3.63, 3.8) is 0 Å². The van der Waals surface area contributed by atoms with Gasteiger partial charge in [-0.15, -0.1) is 0 Å². The van der Waals surface area contributed by atoms with Crippen molar-refractivity contribution in [3.05, 3.63) is 93.6 Å². The van der Waals surface area contributed by atoms with Gasteiger partial charge in [0.2, 0.25) is 0 Å². The maximum absolute atomic E-state index is 10.7. The lowest BCUT2D eigenvalue weighted by molar-refractivity contribution is -0.385. The van der Waals surface area contributed by atoms with Crippen LogP contribution in [0, 0.1) is 20.2 Å². The molecule has 0 unspecified atom stereocenters. The lowest BCUT2D eigenvalue weighted by Crippen LogP contribution is -2.31. The van der Waals surface area contributed by atoms with E-state index < -0.39 is 0 Å². The molecule has 12 heteroatoms. The Hall–Kier alpha value is -4.48. The monoisotopic (exact) mass is 536 g/mol. The molecule has 0 spiro atoms. The highest BCUT2D eigenvalue weighted by atomic mass is 16.6. The largest absolute Gasteiger partial charge is 0.385 e. The highest BCUT2D eigenvalue weighted by Crippen LogP contribution is 2.17. The Labute approximate surface area is 228 Å². The first-order valence-corrected chi connectivity index (χ1v) is 13.3. The molecule has 0 bridgehead atoms. The molecule has 208 valence electrons. The van der Waals surface area contributed by atoms with Crippen LogP contribution in [0.3, 0.4) is 0 Å². The molecule has 0 atom stereocenters. The third-order valence-corrected chi connectivity index (χ3v) is 6.65. The predicted molar refractivity (Wildman–Crippen MR) is 152 cm³/mol. The molecule has 2 aromatic rings. The van der Waals surface area contributed by atoms with Gasteiger partial charge in [-0.25, -0.2) is 0 Å². The normalized spacial score (nSPS) is 14.4. The Bertz CT molecular complexity index is 1050. The number of nitro groups is 2. The standard InChI is InChI=1S/C27H36N8O4/c36-34(37)26-8-4-24(5-9-26)28-12-1-14-30-18-20-32(22-30)16-3-17-33-21-19-31(23-33)15-2-13-29-25-6-10-27(11-7-25)35(38)39/h4-11,18-21,28-29H,1-3,12-17,22-23H2. The van der Waals surface area contributed by atoms with Crippen molar-refractivity contribution in [2.24, 2.45) is 0 Å². The molecule has 0 saturated heterocycles. The van der Waals surface area contributed by atoms with Crippen molar-refractivity contribution in [2.75, 3.05) is 63.2 Å². The minimum atomic E-state index is -0.388. The van der Waals surface area contributed by atoms with Gasteiger partial charge >= 0.3 is 0 Å². The lowest BCUT2D eigenvalue weighted by Gasteiger charge is -2.24. The number of rotatable bonds is 16. The maximum Gasteiger partial charge on any atom is 0.269 e. The number of benzene rings is 2. The highest BCUT2D eigenvalue weighted by Gasteiger charge is 2.14. The molecule has 0 saturated carbocycles. The second-order valence-electron chi connectivity index (χ2n) is 9.65. The number of nitro benzene ring substituents is 2. The van der Waals surface area contributed by atoms with Gasteiger partial charge in [-0.1, -0.05) is 0 Å². The van der Waals surface area contributed by atoms with E-state index in [1.807, 2.05) is 0 Å². The van der Waals surface area contributed by atoms with Crippen molar-refractivity contribution >= 4 is 22.7 Å². The lowest BCUT2D eigenvalue weighted by atomic mass is 10.3. The molecule has 2 N–H and O–H groups in total. The van der Waals surface area contributed by atoms with E-state index in [9.17, 15) is 20.2 Å². The third-order valence-electron chi connectivity index (χ3n) is 6.65. The number of non-ortho nitro benzene ring substituents is 2. The van der Waals surface area contributed by atoms with Crippen LogP contribution in [0.2, 0.25) is 0 Å². The van der Waals surface area contributed by atoms with Crippen LogP contribution < -0.4 is 10.6 Å². The third kappa shape index (κ3) is 8.80. The topological polar surface area (TPSA) is 123 Å². The first-order chi connectivity index (χ1) is 19.0. The SMILES string of the molecule is O=[N+]([O-])c1ccc(NCCCN2C=CN(CCCN3C=CN(CCCNc4ccc([N+](=O)[O-])cc4)C3)C2)cc1. The van der Waals surface area contributed by atoms with Crippen LogP contribution in [-0.2, 0) is 0 Å². The van der Waals surface area contributed by atoms with E-state index in [1.54, 1.807) is 24.3 Å². The number of nitrogens with one attached hydrogen (secondary N) is 2. The molecule has 0 aromatic heterocycles. The molecule has 39 heavy (non-hydrogen) atoms. The van der Waals surface area contributed by atoms with E-state index in [0.717, 1.165) is 83.2 Å². The number of anilines is 2. The Morgan fingerprint density at radius 2 is 0.897 bits per heavy atom. The molecule has 0 radical (unpaired) electrons. The van der Waals surface area contributed by atoms with E-state index in [0.29, 0.717) is 0 Å². The number of hydrogen-bond donors (Lipinski definition) is 2. The van der Waals surface area contributed by atoms with Crippen LogP contribution in [-0.4, -0.2) is 82.1 Å². The maximum atomic E-state index is 10.7. The van der Waals surface area contributed by atoms with Gasteiger partial charge in [0.15, 0.2) is 0 Å². The number of hydrogen-bond acceptors (Lipinski definition) is 10. The Morgan fingerprint density at radius 3 is 1.23 bits per heavy atom. The van der Waals surface area contributed by atoms with E-state index >= 15 is 0 Å². The first-order valence-electron chi connectivity index (χ1n) is 13.3. The minimum Gasteiger partial charge on any atom is -0.385 e. The van der Waals surface area contributed by atoms with Gasteiger partial charge in [-0.05, 0) is 43.5 Å². The van der Waals surface area contributed by atoms with Gasteiger partial charge in [0, 0.05) is 99.7 Å². The molecular formula is C27H36N8O4. The smallest absolute Gasteiger partial charge is 0.269 e. The molecule has 4 rings (SSSR count). The Morgan fingerprint density at radius 1 is 0.564 bits per heavy atom. The van der Waals surface area contributed by atoms with Gasteiger partial charge in [0.25, 0.3) is 11.4 Å². The predicted octanol–water partition coefficient (Wildman–Crippen LogP) is 4.29. The molecule has 0 fully saturated rings. The van der Waals surface area contributed by atoms with Gasteiger partial charge in [-0.2, -0.15) is 0 Å². The average Bonchev–Trinajstić information content (AvgIpc) is 3.59.